The van der Waals surface area contributed by atoms with Crippen molar-refractivity contribution in [3.63, 3.8) is 0 Å². The van der Waals surface area contributed by atoms with E-state index in [-0.39, 0.29) is 5.97 Å². The monoisotopic (exact) mass is 508 g/mol. The second-order valence-corrected chi connectivity index (χ2v) is 9.81. The average molecular weight is 509 g/mol. The van der Waals surface area contributed by atoms with Crippen LogP contribution in [-0.2, 0) is 24.1 Å². The summed E-state index contributed by atoms with van der Waals surface area (Å²) in [5, 5.41) is 12.9. The molecule has 1 aliphatic rings. The van der Waals surface area contributed by atoms with Gasteiger partial charge in [-0.2, -0.15) is 5.10 Å². The number of thiophene rings is 1. The minimum Gasteiger partial charge on any atom is -0.465 e. The molecule has 2 N–H and O–H groups in total. The largest absolute Gasteiger partial charge is 0.465 e. The number of esters is 1. The molecule has 10 heteroatoms. The summed E-state index contributed by atoms with van der Waals surface area (Å²) in [5.41, 5.74) is 2.68. The SMILES string of the molecule is COC(=O)c1c(NC(=S)Nc2ccn(Cc3ccc(Cl)c(Cl)c3)n2)sc2c1CCCCC2. The lowest BCUT2D eigenvalue weighted by molar-refractivity contribution is 0.0601. The summed E-state index contributed by atoms with van der Waals surface area (Å²) in [7, 11) is 1.41. The quantitative estimate of drug-likeness (QED) is 0.244. The van der Waals surface area contributed by atoms with Crippen LogP contribution in [0, 0.1) is 0 Å². The summed E-state index contributed by atoms with van der Waals surface area (Å²) in [6, 6.07) is 7.32. The van der Waals surface area contributed by atoms with Crippen LogP contribution in [0.1, 0.15) is 45.6 Å². The van der Waals surface area contributed by atoms with Crippen molar-refractivity contribution in [2.24, 2.45) is 0 Å². The number of fused-ring (bicyclic) bond motifs is 1. The smallest absolute Gasteiger partial charge is 0.341 e. The summed E-state index contributed by atoms with van der Waals surface area (Å²) in [6.45, 7) is 0.545. The molecule has 0 saturated carbocycles. The number of aromatic nitrogens is 2. The number of carbonyl (C=O) groups excluding carboxylic acids is 1. The van der Waals surface area contributed by atoms with E-state index in [1.807, 2.05) is 24.4 Å². The second kappa shape index (κ2) is 10.2. The van der Waals surface area contributed by atoms with E-state index < -0.39 is 0 Å². The molecule has 0 radical (unpaired) electrons. The van der Waals surface area contributed by atoms with Crippen LogP contribution < -0.4 is 10.6 Å². The van der Waals surface area contributed by atoms with Crippen molar-refractivity contribution >= 4 is 68.7 Å². The molecule has 4 rings (SSSR count). The Hall–Kier alpha value is -2.13. The number of hydrogen-bond donors (Lipinski definition) is 2. The normalized spacial score (nSPS) is 13.2. The molecule has 1 aromatic carbocycles. The second-order valence-electron chi connectivity index (χ2n) is 7.49. The van der Waals surface area contributed by atoms with Gasteiger partial charge in [0.1, 0.15) is 5.00 Å². The molecule has 2 heterocycles. The fraction of sp³-hybridized carbons (Fsp3) is 0.318. The number of aryl methyl sites for hydroxylation is 1. The summed E-state index contributed by atoms with van der Waals surface area (Å²) in [4.78, 5) is 13.7. The highest BCUT2D eigenvalue weighted by atomic mass is 35.5. The van der Waals surface area contributed by atoms with E-state index in [0.29, 0.717) is 33.1 Å². The number of nitrogens with zero attached hydrogens (tertiary/aromatic N) is 2. The highest BCUT2D eigenvalue weighted by molar-refractivity contribution is 7.80. The molecule has 0 unspecified atom stereocenters. The number of rotatable bonds is 5. The lowest BCUT2D eigenvalue weighted by atomic mass is 10.1. The molecule has 0 aliphatic heterocycles. The number of ether oxygens (including phenoxy) is 1. The number of anilines is 2. The number of halogens is 2. The zero-order valence-electron chi connectivity index (χ0n) is 17.4. The molecule has 168 valence electrons. The summed E-state index contributed by atoms with van der Waals surface area (Å²) >= 11 is 19.1. The minimum atomic E-state index is -0.333. The van der Waals surface area contributed by atoms with E-state index in [9.17, 15) is 4.79 Å². The first kappa shape index (κ1) is 23.0. The van der Waals surface area contributed by atoms with E-state index >= 15 is 0 Å². The standard InChI is InChI=1S/C22H22Cl2N4O2S2/c1-30-21(29)19-14-5-3-2-4-6-17(14)32-20(19)26-22(31)25-18-9-10-28(27-18)12-13-7-8-15(23)16(24)11-13/h7-11H,2-6,12H2,1H3,(H2,25,26,27,31). The van der Waals surface area contributed by atoms with Gasteiger partial charge in [0.25, 0.3) is 0 Å². The Kier molecular flexibility index (Phi) is 7.35. The number of methoxy groups -OCH3 is 1. The van der Waals surface area contributed by atoms with Crippen molar-refractivity contribution in [1.82, 2.24) is 9.78 Å². The third-order valence-corrected chi connectivity index (χ3v) is 7.40. The maximum absolute atomic E-state index is 12.5. The molecule has 1 aliphatic carbocycles. The molecule has 0 fully saturated rings. The Morgan fingerprint density at radius 3 is 2.78 bits per heavy atom. The van der Waals surface area contributed by atoms with Crippen LogP contribution in [0.3, 0.4) is 0 Å². The third-order valence-electron chi connectivity index (χ3n) is 5.25. The number of benzene rings is 1. The molecule has 0 amide bonds. The zero-order chi connectivity index (χ0) is 22.7. The van der Waals surface area contributed by atoms with Gasteiger partial charge in [0.05, 0.1) is 29.3 Å². The van der Waals surface area contributed by atoms with Crippen molar-refractivity contribution in [2.45, 2.75) is 38.6 Å². The Bertz CT molecular complexity index is 1160. The third kappa shape index (κ3) is 5.26. The van der Waals surface area contributed by atoms with Gasteiger partial charge in [0.15, 0.2) is 10.9 Å². The first-order valence-electron chi connectivity index (χ1n) is 10.2. The Balaban J connectivity index is 1.45. The molecule has 32 heavy (non-hydrogen) atoms. The van der Waals surface area contributed by atoms with Crippen LogP contribution in [0.25, 0.3) is 0 Å². The van der Waals surface area contributed by atoms with Crippen molar-refractivity contribution in [1.29, 1.82) is 0 Å². The van der Waals surface area contributed by atoms with Gasteiger partial charge >= 0.3 is 5.97 Å². The molecular weight excluding hydrogens is 487 g/mol. The van der Waals surface area contributed by atoms with E-state index in [1.165, 1.54) is 18.4 Å². The summed E-state index contributed by atoms with van der Waals surface area (Å²) < 4.78 is 6.82. The van der Waals surface area contributed by atoms with E-state index in [0.717, 1.165) is 41.8 Å². The van der Waals surface area contributed by atoms with Crippen molar-refractivity contribution in [3.8, 4) is 0 Å². The Labute approximate surface area is 205 Å². The van der Waals surface area contributed by atoms with Crippen LogP contribution in [0.4, 0.5) is 10.8 Å². The van der Waals surface area contributed by atoms with Gasteiger partial charge in [-0.25, -0.2) is 4.79 Å². The van der Waals surface area contributed by atoms with Gasteiger partial charge in [0.2, 0.25) is 0 Å². The van der Waals surface area contributed by atoms with Gasteiger partial charge in [-0.05, 0) is 61.2 Å². The predicted octanol–water partition coefficient (Wildman–Crippen LogP) is 6.16. The lowest BCUT2D eigenvalue weighted by Gasteiger charge is -2.10. The molecule has 6 nitrogen and oxygen atoms in total. The van der Waals surface area contributed by atoms with Gasteiger partial charge in [-0.1, -0.05) is 35.7 Å². The number of hydrogen-bond acceptors (Lipinski definition) is 5. The number of nitrogens with one attached hydrogen (secondary N) is 2. The van der Waals surface area contributed by atoms with Crippen molar-refractivity contribution in [3.05, 3.63) is 62.1 Å². The van der Waals surface area contributed by atoms with Crippen molar-refractivity contribution in [2.75, 3.05) is 17.7 Å². The Morgan fingerprint density at radius 2 is 2.00 bits per heavy atom. The molecule has 2 aromatic heterocycles. The maximum Gasteiger partial charge on any atom is 0.341 e. The van der Waals surface area contributed by atoms with E-state index in [2.05, 4.69) is 15.7 Å². The van der Waals surface area contributed by atoms with Gasteiger partial charge < -0.3 is 15.4 Å². The maximum atomic E-state index is 12.5. The minimum absolute atomic E-state index is 0.333. The molecule has 0 bridgehead atoms. The van der Waals surface area contributed by atoms with Crippen LogP contribution in [0.15, 0.2) is 30.5 Å². The Morgan fingerprint density at radius 1 is 1.19 bits per heavy atom. The predicted molar refractivity (Wildman–Crippen MR) is 135 cm³/mol. The first-order valence-corrected chi connectivity index (χ1v) is 12.2. The lowest BCUT2D eigenvalue weighted by Crippen LogP contribution is -2.20. The number of carbonyl (C=O) groups is 1. The highest BCUT2D eigenvalue weighted by Gasteiger charge is 2.25. The van der Waals surface area contributed by atoms with Crippen LogP contribution >= 0.6 is 46.8 Å². The number of thiocarbonyl (C=S) groups is 1. The van der Waals surface area contributed by atoms with Gasteiger partial charge in [0, 0.05) is 17.1 Å². The summed E-state index contributed by atoms with van der Waals surface area (Å²) in [5.74, 6) is 0.265. The average Bonchev–Trinajstić information content (AvgIpc) is 3.26. The first-order chi connectivity index (χ1) is 15.4. The molecule has 0 atom stereocenters. The van der Waals surface area contributed by atoms with Crippen LogP contribution in [0.2, 0.25) is 10.0 Å². The molecular formula is C22H22Cl2N4O2S2. The van der Waals surface area contributed by atoms with E-state index in [1.54, 1.807) is 22.1 Å². The highest BCUT2D eigenvalue weighted by Crippen LogP contribution is 2.38. The van der Waals surface area contributed by atoms with E-state index in [4.69, 9.17) is 40.2 Å². The van der Waals surface area contributed by atoms with Gasteiger partial charge in [-0.15, -0.1) is 11.3 Å². The van der Waals surface area contributed by atoms with Crippen LogP contribution in [-0.4, -0.2) is 28.0 Å². The topological polar surface area (TPSA) is 68.2 Å². The van der Waals surface area contributed by atoms with Crippen molar-refractivity contribution < 1.29 is 9.53 Å². The zero-order valence-corrected chi connectivity index (χ0v) is 20.6. The molecule has 0 saturated heterocycles. The molecule has 3 aromatic rings. The van der Waals surface area contributed by atoms with Crippen LogP contribution in [0.5, 0.6) is 0 Å². The fourth-order valence-corrected chi connectivity index (χ4v) is 5.61. The summed E-state index contributed by atoms with van der Waals surface area (Å²) in [6.07, 6.45) is 7.09. The van der Waals surface area contributed by atoms with Gasteiger partial charge in [-0.3, -0.25) is 4.68 Å². The fourth-order valence-electron chi connectivity index (χ4n) is 3.74. The molecule has 0 spiro atoms.